The Bertz CT molecular complexity index is 272. The Morgan fingerprint density at radius 1 is 1.65 bits per heavy atom. The molecule has 1 fully saturated rings. The molecule has 0 aliphatic carbocycles. The molecule has 0 aromatic heterocycles. The summed E-state index contributed by atoms with van der Waals surface area (Å²) in [5.41, 5.74) is -0.850. The zero-order valence-electron chi connectivity index (χ0n) is 11.2. The number of rotatable bonds is 6. The van der Waals surface area contributed by atoms with Crippen molar-refractivity contribution < 1.29 is 14.6 Å². The summed E-state index contributed by atoms with van der Waals surface area (Å²) in [4.78, 5) is 13.3. The summed E-state index contributed by atoms with van der Waals surface area (Å²) in [6.07, 6.45) is 1.85. The van der Waals surface area contributed by atoms with Gasteiger partial charge in [0, 0.05) is 19.2 Å². The Kier molecular flexibility index (Phi) is 4.91. The van der Waals surface area contributed by atoms with Crippen molar-refractivity contribution in [2.75, 3.05) is 27.2 Å². The molecule has 3 unspecified atom stereocenters. The van der Waals surface area contributed by atoms with Crippen LogP contribution in [0.25, 0.3) is 0 Å². The van der Waals surface area contributed by atoms with Crippen LogP contribution in [-0.2, 0) is 9.53 Å². The zero-order chi connectivity index (χ0) is 13.1. The van der Waals surface area contributed by atoms with Gasteiger partial charge in [0.2, 0.25) is 0 Å². The predicted molar refractivity (Wildman–Crippen MR) is 66.2 cm³/mol. The van der Waals surface area contributed by atoms with Crippen molar-refractivity contribution in [2.45, 2.75) is 44.4 Å². The first kappa shape index (κ1) is 14.4. The number of carbonyl (C=O) groups is 1. The van der Waals surface area contributed by atoms with Gasteiger partial charge in [0.05, 0.1) is 6.10 Å². The molecule has 0 radical (unpaired) electrons. The maximum absolute atomic E-state index is 11.1. The number of hydrogen-bond acceptors (Lipinski definition) is 4. The number of carboxylic acid groups (broad SMARTS) is 1. The van der Waals surface area contributed by atoms with Gasteiger partial charge in [0.15, 0.2) is 0 Å². The largest absolute Gasteiger partial charge is 0.480 e. The van der Waals surface area contributed by atoms with E-state index in [1.807, 2.05) is 7.05 Å². The summed E-state index contributed by atoms with van der Waals surface area (Å²) in [5.74, 6) is -0.802. The second kappa shape index (κ2) is 5.80. The van der Waals surface area contributed by atoms with Crippen molar-refractivity contribution in [2.24, 2.45) is 0 Å². The number of hydrogen-bond donors (Lipinski definition) is 2. The third-order valence-electron chi connectivity index (χ3n) is 3.89. The first-order chi connectivity index (χ1) is 7.90. The summed E-state index contributed by atoms with van der Waals surface area (Å²) in [6.45, 7) is 5.35. The van der Waals surface area contributed by atoms with E-state index in [0.29, 0.717) is 12.5 Å². The fourth-order valence-corrected chi connectivity index (χ4v) is 2.20. The van der Waals surface area contributed by atoms with Crippen LogP contribution < -0.4 is 5.32 Å². The van der Waals surface area contributed by atoms with E-state index in [0.717, 1.165) is 19.6 Å². The van der Waals surface area contributed by atoms with Gasteiger partial charge < -0.3 is 20.1 Å². The van der Waals surface area contributed by atoms with Crippen LogP contribution in [0.2, 0.25) is 0 Å². The maximum Gasteiger partial charge on any atom is 0.323 e. The topological polar surface area (TPSA) is 61.8 Å². The van der Waals surface area contributed by atoms with Crippen LogP contribution >= 0.6 is 0 Å². The number of ether oxygens (including phenoxy) is 1. The predicted octanol–water partition coefficient (Wildman–Crippen LogP) is 0.548. The van der Waals surface area contributed by atoms with E-state index in [9.17, 15) is 4.79 Å². The highest BCUT2D eigenvalue weighted by Crippen LogP contribution is 2.19. The lowest BCUT2D eigenvalue weighted by Gasteiger charge is -2.31. The van der Waals surface area contributed by atoms with Crippen LogP contribution in [0.3, 0.4) is 0 Å². The van der Waals surface area contributed by atoms with Gasteiger partial charge in [-0.1, -0.05) is 0 Å². The second-order valence-corrected chi connectivity index (χ2v) is 5.05. The fourth-order valence-electron chi connectivity index (χ4n) is 2.20. The van der Waals surface area contributed by atoms with Crippen LogP contribution in [0.5, 0.6) is 0 Å². The Hall–Kier alpha value is -0.650. The smallest absolute Gasteiger partial charge is 0.323 e. The molecule has 0 aromatic carbocycles. The van der Waals surface area contributed by atoms with Crippen molar-refractivity contribution >= 4 is 5.97 Å². The molecule has 0 saturated carbocycles. The van der Waals surface area contributed by atoms with Gasteiger partial charge in [-0.2, -0.15) is 0 Å². The van der Waals surface area contributed by atoms with Crippen molar-refractivity contribution in [3.63, 3.8) is 0 Å². The molecule has 3 atom stereocenters. The summed E-state index contributed by atoms with van der Waals surface area (Å²) in [5, 5.41) is 12.0. The van der Waals surface area contributed by atoms with Crippen molar-refractivity contribution in [3.8, 4) is 0 Å². The third kappa shape index (κ3) is 3.40. The molecule has 0 bridgehead atoms. The molecule has 1 heterocycles. The molecular formula is C12H24N2O3. The average Bonchev–Trinajstić information content (AvgIpc) is 2.71. The highest BCUT2D eigenvalue weighted by molar-refractivity contribution is 5.78. The normalized spacial score (nSPS) is 28.3. The minimum atomic E-state index is -0.850. The SMILES string of the molecule is CNC(C)(CCN(C)C1CCOC1C)C(=O)O. The number of nitrogens with one attached hydrogen (secondary N) is 1. The van der Waals surface area contributed by atoms with E-state index in [-0.39, 0.29) is 6.10 Å². The molecule has 0 amide bonds. The van der Waals surface area contributed by atoms with Crippen molar-refractivity contribution in [1.82, 2.24) is 10.2 Å². The van der Waals surface area contributed by atoms with Gasteiger partial charge >= 0.3 is 5.97 Å². The quantitative estimate of drug-likeness (QED) is 0.714. The van der Waals surface area contributed by atoms with Gasteiger partial charge in [-0.05, 0) is 40.8 Å². The zero-order valence-corrected chi connectivity index (χ0v) is 11.2. The second-order valence-electron chi connectivity index (χ2n) is 5.05. The highest BCUT2D eigenvalue weighted by Gasteiger charge is 2.33. The Balaban J connectivity index is 2.46. The summed E-state index contributed by atoms with van der Waals surface area (Å²) in [6, 6.07) is 0.407. The molecule has 5 nitrogen and oxygen atoms in total. The lowest BCUT2D eigenvalue weighted by molar-refractivity contribution is -0.144. The van der Waals surface area contributed by atoms with Gasteiger partial charge in [-0.25, -0.2) is 0 Å². The highest BCUT2D eigenvalue weighted by atomic mass is 16.5. The van der Waals surface area contributed by atoms with Crippen LogP contribution in [0, 0.1) is 0 Å². The Morgan fingerprint density at radius 3 is 2.71 bits per heavy atom. The Labute approximate surface area is 103 Å². The standard InChI is InChI=1S/C12H24N2O3/c1-9-10(5-8-17-9)14(4)7-6-12(2,13-3)11(15)16/h9-10,13H,5-8H2,1-4H3,(H,15,16). The van der Waals surface area contributed by atoms with Gasteiger partial charge in [0.1, 0.15) is 5.54 Å². The van der Waals surface area contributed by atoms with E-state index in [1.54, 1.807) is 14.0 Å². The van der Waals surface area contributed by atoms with Gasteiger partial charge in [-0.15, -0.1) is 0 Å². The monoisotopic (exact) mass is 244 g/mol. The van der Waals surface area contributed by atoms with E-state index in [1.165, 1.54) is 0 Å². The first-order valence-corrected chi connectivity index (χ1v) is 6.15. The number of aliphatic carboxylic acids is 1. The lowest BCUT2D eigenvalue weighted by atomic mass is 9.97. The number of nitrogens with zero attached hydrogens (tertiary/aromatic N) is 1. The molecule has 0 spiro atoms. The summed E-state index contributed by atoms with van der Waals surface area (Å²) < 4.78 is 5.52. The van der Waals surface area contributed by atoms with Crippen LogP contribution in [-0.4, -0.2) is 60.9 Å². The molecule has 1 rings (SSSR count). The molecule has 0 aromatic rings. The molecule has 1 aliphatic rings. The van der Waals surface area contributed by atoms with Gasteiger partial charge in [-0.3, -0.25) is 4.79 Å². The van der Waals surface area contributed by atoms with E-state index >= 15 is 0 Å². The van der Waals surface area contributed by atoms with Crippen molar-refractivity contribution in [1.29, 1.82) is 0 Å². The molecular weight excluding hydrogens is 220 g/mol. The molecule has 1 saturated heterocycles. The van der Waals surface area contributed by atoms with Crippen LogP contribution in [0.15, 0.2) is 0 Å². The van der Waals surface area contributed by atoms with Gasteiger partial charge in [0.25, 0.3) is 0 Å². The summed E-state index contributed by atoms with van der Waals surface area (Å²) in [7, 11) is 3.73. The van der Waals surface area contributed by atoms with E-state index < -0.39 is 11.5 Å². The van der Waals surface area contributed by atoms with Crippen molar-refractivity contribution in [3.05, 3.63) is 0 Å². The molecule has 2 N–H and O–H groups in total. The Morgan fingerprint density at radius 2 is 2.29 bits per heavy atom. The minimum absolute atomic E-state index is 0.241. The summed E-state index contributed by atoms with van der Waals surface area (Å²) >= 11 is 0. The number of likely N-dealkylation sites (N-methyl/N-ethyl adjacent to an activating group) is 2. The maximum atomic E-state index is 11.1. The van der Waals surface area contributed by atoms with E-state index in [4.69, 9.17) is 9.84 Å². The van der Waals surface area contributed by atoms with E-state index in [2.05, 4.69) is 17.1 Å². The third-order valence-corrected chi connectivity index (χ3v) is 3.89. The lowest BCUT2D eigenvalue weighted by Crippen LogP contribution is -2.50. The van der Waals surface area contributed by atoms with Crippen LogP contribution in [0.1, 0.15) is 26.7 Å². The minimum Gasteiger partial charge on any atom is -0.480 e. The molecule has 17 heavy (non-hydrogen) atoms. The number of carboxylic acids is 1. The molecule has 5 heteroatoms. The molecule has 1 aliphatic heterocycles. The van der Waals surface area contributed by atoms with Crippen LogP contribution in [0.4, 0.5) is 0 Å². The first-order valence-electron chi connectivity index (χ1n) is 6.15. The average molecular weight is 244 g/mol. The molecule has 100 valence electrons. The fraction of sp³-hybridized carbons (Fsp3) is 0.917.